The summed E-state index contributed by atoms with van der Waals surface area (Å²) in [6, 6.07) is 0.415. The van der Waals surface area contributed by atoms with E-state index in [0.29, 0.717) is 6.04 Å². The van der Waals surface area contributed by atoms with Gasteiger partial charge >= 0.3 is 0 Å². The zero-order valence-electron chi connectivity index (χ0n) is 8.74. The van der Waals surface area contributed by atoms with E-state index >= 15 is 0 Å². The van der Waals surface area contributed by atoms with Gasteiger partial charge in [0.25, 0.3) is 0 Å². The summed E-state index contributed by atoms with van der Waals surface area (Å²) >= 11 is 0. The molecular formula is C11H22ClNO. The van der Waals surface area contributed by atoms with Crippen molar-refractivity contribution in [3.05, 3.63) is 0 Å². The van der Waals surface area contributed by atoms with Crippen molar-refractivity contribution in [3.63, 3.8) is 0 Å². The van der Waals surface area contributed by atoms with Gasteiger partial charge in [-0.25, -0.2) is 0 Å². The summed E-state index contributed by atoms with van der Waals surface area (Å²) in [4.78, 5) is 0. The number of aliphatic hydroxyl groups excluding tert-OH is 1. The van der Waals surface area contributed by atoms with Crippen molar-refractivity contribution in [2.45, 2.75) is 57.1 Å². The van der Waals surface area contributed by atoms with Crippen LogP contribution in [0.15, 0.2) is 0 Å². The molecule has 3 heteroatoms. The van der Waals surface area contributed by atoms with Gasteiger partial charge in [-0.1, -0.05) is 25.7 Å². The van der Waals surface area contributed by atoms with Crippen LogP contribution in [0.2, 0.25) is 0 Å². The van der Waals surface area contributed by atoms with Gasteiger partial charge in [0.1, 0.15) is 0 Å². The highest BCUT2D eigenvalue weighted by atomic mass is 35.5. The molecule has 2 aliphatic rings. The predicted molar refractivity (Wildman–Crippen MR) is 60.9 cm³/mol. The third-order valence-electron chi connectivity index (χ3n) is 3.64. The van der Waals surface area contributed by atoms with E-state index in [4.69, 9.17) is 0 Å². The number of rotatable bonds is 1. The number of nitrogens with one attached hydrogen (secondary N) is 1. The van der Waals surface area contributed by atoms with Crippen LogP contribution in [-0.2, 0) is 0 Å². The van der Waals surface area contributed by atoms with Gasteiger partial charge in [-0.3, -0.25) is 0 Å². The maximum Gasteiger partial charge on any atom is 0.0708 e. The van der Waals surface area contributed by atoms with E-state index in [0.717, 1.165) is 18.9 Å². The van der Waals surface area contributed by atoms with E-state index in [2.05, 4.69) is 5.32 Å². The fourth-order valence-electron chi connectivity index (χ4n) is 2.86. The molecule has 2 fully saturated rings. The van der Waals surface area contributed by atoms with E-state index in [1.807, 2.05) is 0 Å². The zero-order valence-corrected chi connectivity index (χ0v) is 9.56. The summed E-state index contributed by atoms with van der Waals surface area (Å²) in [5.41, 5.74) is 0. The molecule has 1 aliphatic carbocycles. The summed E-state index contributed by atoms with van der Waals surface area (Å²) in [6.07, 6.45) is 9.09. The van der Waals surface area contributed by atoms with Gasteiger partial charge in [-0.05, 0) is 31.7 Å². The third kappa shape index (κ3) is 2.85. The Bertz CT molecular complexity index is 157. The predicted octanol–water partition coefficient (Wildman–Crippen LogP) is 2.10. The van der Waals surface area contributed by atoms with Gasteiger partial charge < -0.3 is 10.4 Å². The molecule has 0 aromatic rings. The second kappa shape index (κ2) is 5.94. The van der Waals surface area contributed by atoms with E-state index in [9.17, 15) is 5.11 Å². The Kier molecular flexibility index (Phi) is 5.21. The number of halogens is 1. The average molecular weight is 220 g/mol. The lowest BCUT2D eigenvalue weighted by Gasteiger charge is -2.24. The van der Waals surface area contributed by atoms with E-state index in [-0.39, 0.29) is 18.5 Å². The lowest BCUT2D eigenvalue weighted by Crippen LogP contribution is -2.37. The van der Waals surface area contributed by atoms with Gasteiger partial charge in [0, 0.05) is 6.04 Å². The molecule has 0 amide bonds. The molecule has 14 heavy (non-hydrogen) atoms. The number of hydrogen-bond donors (Lipinski definition) is 2. The average Bonchev–Trinajstić information content (AvgIpc) is 2.43. The van der Waals surface area contributed by atoms with Gasteiger partial charge in [-0.15, -0.1) is 12.4 Å². The molecule has 1 saturated heterocycles. The Labute approximate surface area is 92.9 Å². The van der Waals surface area contributed by atoms with Crippen LogP contribution >= 0.6 is 12.4 Å². The molecule has 1 aliphatic heterocycles. The first-order chi connectivity index (χ1) is 6.38. The van der Waals surface area contributed by atoms with Crippen molar-refractivity contribution in [2.24, 2.45) is 5.92 Å². The van der Waals surface area contributed by atoms with Crippen LogP contribution in [0.25, 0.3) is 0 Å². The van der Waals surface area contributed by atoms with Crippen molar-refractivity contribution in [1.29, 1.82) is 0 Å². The molecule has 2 N–H and O–H groups in total. The zero-order chi connectivity index (χ0) is 9.10. The second-order valence-corrected chi connectivity index (χ2v) is 4.59. The first-order valence-electron chi connectivity index (χ1n) is 5.79. The smallest absolute Gasteiger partial charge is 0.0708 e. The molecule has 0 bridgehead atoms. The van der Waals surface area contributed by atoms with Crippen LogP contribution in [0, 0.1) is 5.92 Å². The molecule has 0 aromatic carbocycles. The Balaban J connectivity index is 0.000000980. The maximum atomic E-state index is 9.77. The number of hydrogen-bond acceptors (Lipinski definition) is 2. The lowest BCUT2D eigenvalue weighted by atomic mass is 9.89. The monoisotopic (exact) mass is 219 g/mol. The minimum atomic E-state index is -0.0666. The van der Waals surface area contributed by atoms with Crippen molar-refractivity contribution in [1.82, 2.24) is 5.32 Å². The highest BCUT2D eigenvalue weighted by Crippen LogP contribution is 2.29. The minimum absolute atomic E-state index is 0. The topological polar surface area (TPSA) is 32.3 Å². The molecule has 2 unspecified atom stereocenters. The van der Waals surface area contributed by atoms with E-state index in [1.165, 1.54) is 38.5 Å². The van der Waals surface area contributed by atoms with Gasteiger partial charge in [0.15, 0.2) is 0 Å². The Morgan fingerprint density at radius 3 is 2.07 bits per heavy atom. The summed E-state index contributed by atoms with van der Waals surface area (Å²) in [5, 5.41) is 13.2. The summed E-state index contributed by atoms with van der Waals surface area (Å²) in [7, 11) is 0. The number of aliphatic hydroxyl groups is 1. The largest absolute Gasteiger partial charge is 0.391 e. The SMILES string of the molecule is Cl.OC1CCNC1C1CCCCCC1. The molecule has 0 radical (unpaired) electrons. The molecule has 1 saturated carbocycles. The van der Waals surface area contributed by atoms with Crippen molar-refractivity contribution in [2.75, 3.05) is 6.54 Å². The van der Waals surface area contributed by atoms with Crippen LogP contribution in [0.4, 0.5) is 0 Å². The summed E-state index contributed by atoms with van der Waals surface area (Å²) in [5.74, 6) is 0.750. The summed E-state index contributed by atoms with van der Waals surface area (Å²) < 4.78 is 0. The molecule has 1 heterocycles. The molecule has 2 nitrogen and oxygen atoms in total. The third-order valence-corrected chi connectivity index (χ3v) is 3.64. The van der Waals surface area contributed by atoms with Crippen molar-refractivity contribution < 1.29 is 5.11 Å². The second-order valence-electron chi connectivity index (χ2n) is 4.59. The Morgan fingerprint density at radius 1 is 0.929 bits per heavy atom. The molecule has 0 aromatic heterocycles. The molecule has 2 rings (SSSR count). The van der Waals surface area contributed by atoms with E-state index < -0.39 is 0 Å². The molecule has 84 valence electrons. The van der Waals surface area contributed by atoms with Crippen molar-refractivity contribution in [3.8, 4) is 0 Å². The molecule has 0 spiro atoms. The Morgan fingerprint density at radius 2 is 1.57 bits per heavy atom. The quantitative estimate of drug-likeness (QED) is 0.663. The van der Waals surface area contributed by atoms with Crippen LogP contribution in [0.1, 0.15) is 44.9 Å². The summed E-state index contributed by atoms with van der Waals surface area (Å²) in [6.45, 7) is 1.02. The fourth-order valence-corrected chi connectivity index (χ4v) is 2.86. The van der Waals surface area contributed by atoms with Gasteiger partial charge in [-0.2, -0.15) is 0 Å². The lowest BCUT2D eigenvalue weighted by molar-refractivity contribution is 0.125. The molecular weight excluding hydrogens is 198 g/mol. The fraction of sp³-hybridized carbons (Fsp3) is 1.00. The van der Waals surface area contributed by atoms with Crippen LogP contribution in [0.3, 0.4) is 0 Å². The highest BCUT2D eigenvalue weighted by Gasteiger charge is 2.31. The van der Waals surface area contributed by atoms with E-state index in [1.54, 1.807) is 0 Å². The van der Waals surface area contributed by atoms with Crippen LogP contribution in [-0.4, -0.2) is 23.8 Å². The molecule has 2 atom stereocenters. The maximum absolute atomic E-state index is 9.77. The highest BCUT2D eigenvalue weighted by molar-refractivity contribution is 5.85. The standard InChI is InChI=1S/C11H21NO.ClH/c13-10-7-8-12-11(10)9-5-3-1-2-4-6-9;/h9-13H,1-8H2;1H. The van der Waals surface area contributed by atoms with Gasteiger partial charge in [0.05, 0.1) is 6.10 Å². The van der Waals surface area contributed by atoms with Crippen LogP contribution < -0.4 is 5.32 Å². The van der Waals surface area contributed by atoms with Gasteiger partial charge in [0.2, 0.25) is 0 Å². The first-order valence-corrected chi connectivity index (χ1v) is 5.79. The van der Waals surface area contributed by atoms with Crippen LogP contribution in [0.5, 0.6) is 0 Å². The normalized spacial score (nSPS) is 34.9. The van der Waals surface area contributed by atoms with Crippen molar-refractivity contribution >= 4 is 12.4 Å². The Hall–Kier alpha value is 0.210. The first kappa shape index (κ1) is 12.3. The minimum Gasteiger partial charge on any atom is -0.391 e.